The average Bonchev–Trinajstić information content (AvgIpc) is 3.10. The molecule has 0 bridgehead atoms. The minimum Gasteiger partial charge on any atom is -0.351 e. The first-order chi connectivity index (χ1) is 12.7. The first kappa shape index (κ1) is 20.1. The van der Waals surface area contributed by atoms with Crippen molar-refractivity contribution in [3.8, 4) is 0 Å². The van der Waals surface area contributed by atoms with Gasteiger partial charge in [0.25, 0.3) is 5.56 Å². The van der Waals surface area contributed by atoms with Crippen molar-refractivity contribution in [3.05, 3.63) is 20.8 Å². The number of nitrogens with zero attached hydrogens (tertiary/aromatic N) is 2. The molecule has 0 saturated carbocycles. The van der Waals surface area contributed by atoms with E-state index >= 15 is 0 Å². The molecule has 1 N–H and O–H groups in total. The summed E-state index contributed by atoms with van der Waals surface area (Å²) >= 11 is 3.04. The lowest BCUT2D eigenvalue weighted by atomic mass is 9.98. The third-order valence-corrected chi connectivity index (χ3v) is 6.85. The molecule has 0 spiro atoms. The predicted octanol–water partition coefficient (Wildman–Crippen LogP) is 2.84. The number of thiophene rings is 1. The van der Waals surface area contributed by atoms with Gasteiger partial charge in [0.05, 0.1) is 5.39 Å². The van der Waals surface area contributed by atoms with Gasteiger partial charge in [0.1, 0.15) is 10.6 Å². The van der Waals surface area contributed by atoms with E-state index in [1.165, 1.54) is 29.1 Å². The van der Waals surface area contributed by atoms with E-state index in [0.29, 0.717) is 23.8 Å². The molecule has 0 radical (unpaired) electrons. The molecule has 1 amide bonds. The molecule has 1 aliphatic carbocycles. The molecule has 8 heteroatoms. The third kappa shape index (κ3) is 4.43. The number of aromatic nitrogens is 2. The lowest BCUT2D eigenvalue weighted by Gasteiger charge is -2.25. The maximum atomic E-state index is 12.8. The van der Waals surface area contributed by atoms with Crippen LogP contribution in [0.3, 0.4) is 0 Å². The van der Waals surface area contributed by atoms with E-state index in [2.05, 4.69) is 10.3 Å². The Morgan fingerprint density at radius 1 is 1.33 bits per heavy atom. The summed E-state index contributed by atoms with van der Waals surface area (Å²) in [4.78, 5) is 43.0. The van der Waals surface area contributed by atoms with Crippen LogP contribution in [0.2, 0.25) is 0 Å². The molecule has 2 heterocycles. The number of aryl methyl sites for hydroxylation is 2. The lowest BCUT2D eigenvalue weighted by molar-refractivity contribution is -0.123. The van der Waals surface area contributed by atoms with Crippen LogP contribution in [-0.4, -0.2) is 32.5 Å². The minimum atomic E-state index is -0.546. The van der Waals surface area contributed by atoms with Crippen LogP contribution in [0.25, 0.3) is 10.2 Å². The molecule has 0 unspecified atom stereocenters. The van der Waals surface area contributed by atoms with Gasteiger partial charge in [-0.1, -0.05) is 11.8 Å². The maximum Gasteiger partial charge on any atom is 0.262 e. The Kier molecular flexibility index (Phi) is 5.76. The number of nitrogens with one attached hydrogen (secondary N) is 1. The summed E-state index contributed by atoms with van der Waals surface area (Å²) in [6.45, 7) is 5.20. The number of fused-ring (bicyclic) bond motifs is 3. The summed E-state index contributed by atoms with van der Waals surface area (Å²) in [5.74, 6) is 0.471. The van der Waals surface area contributed by atoms with Crippen molar-refractivity contribution in [2.45, 2.75) is 63.6 Å². The number of thioether (sulfide) groups is 1. The molecular formula is C19H25N3O3S2. The number of ketones is 1. The van der Waals surface area contributed by atoms with Crippen LogP contribution in [0.5, 0.6) is 0 Å². The highest BCUT2D eigenvalue weighted by atomic mass is 32.2. The van der Waals surface area contributed by atoms with Crippen LogP contribution in [0, 0.1) is 0 Å². The zero-order valence-electron chi connectivity index (χ0n) is 16.2. The van der Waals surface area contributed by atoms with Crippen LogP contribution in [0.4, 0.5) is 0 Å². The second-order valence-electron chi connectivity index (χ2n) is 7.71. The highest BCUT2D eigenvalue weighted by molar-refractivity contribution is 7.99. The van der Waals surface area contributed by atoms with Crippen molar-refractivity contribution in [3.63, 3.8) is 0 Å². The average molecular weight is 408 g/mol. The number of carbonyl (C=O) groups is 2. The molecule has 2 aromatic heterocycles. The number of Topliss-reactive ketones (excluding diaryl/α,β-unsaturated/α-hetero) is 1. The van der Waals surface area contributed by atoms with Gasteiger partial charge in [-0.25, -0.2) is 4.98 Å². The number of hydrogen-bond acceptors (Lipinski definition) is 6. The molecule has 0 aliphatic heterocycles. The Morgan fingerprint density at radius 2 is 2.07 bits per heavy atom. The largest absolute Gasteiger partial charge is 0.351 e. The molecule has 0 atom stereocenters. The predicted molar refractivity (Wildman–Crippen MR) is 110 cm³/mol. The van der Waals surface area contributed by atoms with Crippen molar-refractivity contribution < 1.29 is 9.59 Å². The van der Waals surface area contributed by atoms with E-state index in [-0.39, 0.29) is 17.2 Å². The highest BCUT2D eigenvalue weighted by Gasteiger charge is 2.24. The molecule has 0 fully saturated rings. The van der Waals surface area contributed by atoms with Crippen LogP contribution in [-0.2, 0) is 29.5 Å². The van der Waals surface area contributed by atoms with Gasteiger partial charge in [0.2, 0.25) is 5.91 Å². The third-order valence-electron chi connectivity index (χ3n) is 4.63. The Bertz CT molecular complexity index is 959. The fraction of sp³-hybridized carbons (Fsp3) is 0.579. The summed E-state index contributed by atoms with van der Waals surface area (Å²) < 4.78 is 1.59. The molecule has 0 saturated heterocycles. The van der Waals surface area contributed by atoms with Crippen LogP contribution in [0.1, 0.15) is 50.5 Å². The fourth-order valence-electron chi connectivity index (χ4n) is 3.58. The Labute approximate surface area is 166 Å². The van der Waals surface area contributed by atoms with Gasteiger partial charge in [-0.15, -0.1) is 11.3 Å². The number of carbonyl (C=O) groups excluding carboxylic acids is 2. The van der Waals surface area contributed by atoms with Crippen molar-refractivity contribution in [1.29, 1.82) is 0 Å². The van der Waals surface area contributed by atoms with E-state index in [0.717, 1.165) is 29.5 Å². The molecule has 1 aliphatic rings. The molecule has 27 heavy (non-hydrogen) atoms. The summed E-state index contributed by atoms with van der Waals surface area (Å²) in [6, 6.07) is 0. The van der Waals surface area contributed by atoms with Gasteiger partial charge in [-0.2, -0.15) is 0 Å². The molecule has 0 aromatic carbocycles. The van der Waals surface area contributed by atoms with Crippen LogP contribution < -0.4 is 10.9 Å². The first-order valence-corrected chi connectivity index (χ1v) is 10.9. The molecule has 6 nitrogen and oxygen atoms in total. The highest BCUT2D eigenvalue weighted by Crippen LogP contribution is 2.35. The van der Waals surface area contributed by atoms with Gasteiger partial charge < -0.3 is 5.32 Å². The number of rotatable bonds is 7. The van der Waals surface area contributed by atoms with Crippen LogP contribution >= 0.6 is 23.1 Å². The summed E-state index contributed by atoms with van der Waals surface area (Å²) in [7, 11) is 1.74. The topological polar surface area (TPSA) is 81.1 Å². The van der Waals surface area contributed by atoms with E-state index in [9.17, 15) is 14.4 Å². The van der Waals surface area contributed by atoms with Crippen molar-refractivity contribution in [2.75, 3.05) is 5.75 Å². The molecule has 146 valence electrons. The Morgan fingerprint density at radius 3 is 2.78 bits per heavy atom. The minimum absolute atomic E-state index is 0.00828. The van der Waals surface area contributed by atoms with Gasteiger partial charge in [0.15, 0.2) is 5.16 Å². The number of hydrogen-bond donors (Lipinski definition) is 1. The smallest absolute Gasteiger partial charge is 0.262 e. The van der Waals surface area contributed by atoms with Crippen molar-refractivity contribution in [1.82, 2.24) is 14.9 Å². The zero-order chi connectivity index (χ0) is 19.8. The van der Waals surface area contributed by atoms with Gasteiger partial charge >= 0.3 is 0 Å². The Balaban J connectivity index is 1.66. The number of amides is 1. The second-order valence-corrected chi connectivity index (χ2v) is 9.85. The molecule has 3 rings (SSSR count). The SMILES string of the molecule is CC(=O)CC(C)(C)NC(=O)CCSc1nc2sc3c(c2c(=O)n1C)CCC3. The quantitative estimate of drug-likeness (QED) is 0.564. The van der Waals surface area contributed by atoms with Gasteiger partial charge in [-0.05, 0) is 45.6 Å². The van der Waals surface area contributed by atoms with E-state index in [4.69, 9.17) is 0 Å². The molecular weight excluding hydrogens is 382 g/mol. The van der Waals surface area contributed by atoms with Gasteiger partial charge in [-0.3, -0.25) is 19.0 Å². The second kappa shape index (κ2) is 7.75. The van der Waals surface area contributed by atoms with Gasteiger partial charge in [0, 0.05) is 36.1 Å². The maximum absolute atomic E-state index is 12.8. The standard InChI is InChI=1S/C19H25N3O3S2/c1-11(23)10-19(2,3)21-14(24)8-9-26-18-20-16-15(17(25)22(18)4)12-6-5-7-13(12)27-16/h5-10H2,1-4H3,(H,21,24). The summed E-state index contributed by atoms with van der Waals surface area (Å²) in [5, 5.41) is 4.32. The lowest BCUT2D eigenvalue weighted by Crippen LogP contribution is -2.44. The molecule has 2 aromatic rings. The Hall–Kier alpha value is -1.67. The normalized spacial score (nSPS) is 13.8. The van der Waals surface area contributed by atoms with Crippen LogP contribution in [0.15, 0.2) is 9.95 Å². The monoisotopic (exact) mass is 407 g/mol. The van der Waals surface area contributed by atoms with Crippen molar-refractivity contribution in [2.24, 2.45) is 7.05 Å². The summed E-state index contributed by atoms with van der Waals surface area (Å²) in [5.41, 5.74) is 0.649. The first-order valence-electron chi connectivity index (χ1n) is 9.12. The summed E-state index contributed by atoms with van der Waals surface area (Å²) in [6.07, 6.45) is 3.74. The van der Waals surface area contributed by atoms with Crippen molar-refractivity contribution >= 4 is 45.0 Å². The van der Waals surface area contributed by atoms with E-state index < -0.39 is 5.54 Å². The fourth-order valence-corrected chi connectivity index (χ4v) is 5.79. The van der Waals surface area contributed by atoms with E-state index in [1.807, 2.05) is 13.8 Å². The zero-order valence-corrected chi connectivity index (χ0v) is 17.8. The van der Waals surface area contributed by atoms with E-state index in [1.54, 1.807) is 23.0 Å².